The first kappa shape index (κ1) is 20.1. The Bertz CT molecular complexity index is 774. The van der Waals surface area contributed by atoms with Gasteiger partial charge in [0.25, 0.3) is 0 Å². The largest absolute Gasteiger partial charge is 0.493 e. The monoisotopic (exact) mass is 385 g/mol. The molecule has 1 fully saturated rings. The number of carbonyl (C=O) groups excluding carboxylic acids is 1. The molecule has 1 atom stereocenters. The van der Waals surface area contributed by atoms with Gasteiger partial charge in [-0.05, 0) is 55.5 Å². The third-order valence-corrected chi connectivity index (χ3v) is 4.78. The number of hydrogen-bond donors (Lipinski definition) is 2. The van der Waals surface area contributed by atoms with E-state index in [9.17, 15) is 4.79 Å². The predicted molar refractivity (Wildman–Crippen MR) is 106 cm³/mol. The minimum atomic E-state index is -0.524. The molecule has 1 aromatic carbocycles. The van der Waals surface area contributed by atoms with E-state index in [0.29, 0.717) is 28.9 Å². The van der Waals surface area contributed by atoms with E-state index in [1.807, 2.05) is 18.2 Å². The van der Waals surface area contributed by atoms with Gasteiger partial charge in [0.05, 0.1) is 12.7 Å². The fourth-order valence-corrected chi connectivity index (χ4v) is 3.18. The predicted octanol–water partition coefficient (Wildman–Crippen LogP) is 2.89. The standard InChI is InChI=1S/C21H27N3O4/c1-26-19-11-16(12-23-9-8-15-3-2-10-27-14-15)4-6-18(19)28-20-7-5-17(13-24-20)21(22)25/h4-7,11,13,15,23H,2-3,8-10,12,14H2,1H3,(H2,22,25). The van der Waals surface area contributed by atoms with Crippen LogP contribution in [0.15, 0.2) is 36.5 Å². The molecule has 0 aliphatic carbocycles. The van der Waals surface area contributed by atoms with Gasteiger partial charge in [-0.25, -0.2) is 4.98 Å². The minimum Gasteiger partial charge on any atom is -0.493 e. The SMILES string of the molecule is COc1cc(CNCCC2CCCOC2)ccc1Oc1ccc(C(N)=O)cn1. The molecule has 28 heavy (non-hydrogen) atoms. The van der Waals surface area contributed by atoms with Crippen molar-refractivity contribution >= 4 is 5.91 Å². The van der Waals surface area contributed by atoms with E-state index in [0.717, 1.165) is 38.3 Å². The second kappa shape index (κ2) is 10.1. The first-order valence-corrected chi connectivity index (χ1v) is 9.55. The van der Waals surface area contributed by atoms with Gasteiger partial charge in [-0.2, -0.15) is 0 Å². The molecule has 3 rings (SSSR count). The summed E-state index contributed by atoms with van der Waals surface area (Å²) >= 11 is 0. The van der Waals surface area contributed by atoms with Gasteiger partial charge in [-0.3, -0.25) is 4.79 Å². The van der Waals surface area contributed by atoms with Gasteiger partial charge in [0.2, 0.25) is 11.8 Å². The lowest BCUT2D eigenvalue weighted by Gasteiger charge is -2.22. The normalized spacial score (nSPS) is 16.5. The van der Waals surface area contributed by atoms with E-state index in [1.165, 1.54) is 19.0 Å². The van der Waals surface area contributed by atoms with Crippen LogP contribution in [0.5, 0.6) is 17.4 Å². The van der Waals surface area contributed by atoms with Crippen molar-refractivity contribution in [3.63, 3.8) is 0 Å². The zero-order valence-corrected chi connectivity index (χ0v) is 16.1. The molecule has 7 nitrogen and oxygen atoms in total. The van der Waals surface area contributed by atoms with Gasteiger partial charge in [0, 0.05) is 32.0 Å². The molecule has 0 radical (unpaired) electrons. The van der Waals surface area contributed by atoms with Crippen LogP contribution < -0.4 is 20.5 Å². The molecule has 1 aliphatic rings. The van der Waals surface area contributed by atoms with E-state index < -0.39 is 5.91 Å². The first-order chi connectivity index (χ1) is 13.7. The number of hydrogen-bond acceptors (Lipinski definition) is 6. The van der Waals surface area contributed by atoms with Crippen LogP contribution in [0.25, 0.3) is 0 Å². The van der Waals surface area contributed by atoms with Gasteiger partial charge in [-0.1, -0.05) is 6.07 Å². The maximum atomic E-state index is 11.1. The number of benzene rings is 1. The minimum absolute atomic E-state index is 0.334. The number of ether oxygens (including phenoxy) is 3. The molecule has 7 heteroatoms. The van der Waals surface area contributed by atoms with Gasteiger partial charge >= 0.3 is 0 Å². The van der Waals surface area contributed by atoms with Crippen LogP contribution in [0.1, 0.15) is 35.2 Å². The van der Waals surface area contributed by atoms with E-state index >= 15 is 0 Å². The Morgan fingerprint density at radius 2 is 2.21 bits per heavy atom. The lowest BCUT2D eigenvalue weighted by Crippen LogP contribution is -2.23. The van der Waals surface area contributed by atoms with Crippen molar-refractivity contribution in [1.82, 2.24) is 10.3 Å². The highest BCUT2D eigenvalue weighted by Crippen LogP contribution is 2.31. The third kappa shape index (κ3) is 5.68. The molecule has 0 saturated carbocycles. The van der Waals surface area contributed by atoms with Crippen LogP contribution in [0, 0.1) is 5.92 Å². The zero-order valence-electron chi connectivity index (χ0n) is 16.1. The van der Waals surface area contributed by atoms with Crippen LogP contribution in [-0.4, -0.2) is 37.8 Å². The van der Waals surface area contributed by atoms with Crippen molar-refractivity contribution in [1.29, 1.82) is 0 Å². The topological polar surface area (TPSA) is 95.7 Å². The fourth-order valence-electron chi connectivity index (χ4n) is 3.18. The third-order valence-electron chi connectivity index (χ3n) is 4.78. The van der Waals surface area contributed by atoms with Crippen molar-refractivity contribution in [2.75, 3.05) is 26.9 Å². The highest BCUT2D eigenvalue weighted by atomic mass is 16.5. The Kier molecular flexibility index (Phi) is 7.22. The fraction of sp³-hybridized carbons (Fsp3) is 0.429. The van der Waals surface area contributed by atoms with Gasteiger partial charge in [-0.15, -0.1) is 0 Å². The number of aromatic nitrogens is 1. The number of pyridine rings is 1. The van der Waals surface area contributed by atoms with Crippen LogP contribution in [0.3, 0.4) is 0 Å². The maximum absolute atomic E-state index is 11.1. The quantitative estimate of drug-likeness (QED) is 0.645. The molecular weight excluding hydrogens is 358 g/mol. The molecule has 1 aliphatic heterocycles. The summed E-state index contributed by atoms with van der Waals surface area (Å²) in [4.78, 5) is 15.2. The summed E-state index contributed by atoms with van der Waals surface area (Å²) in [6.45, 7) is 3.51. The molecule has 1 unspecified atom stereocenters. The van der Waals surface area contributed by atoms with Gasteiger partial charge < -0.3 is 25.3 Å². The number of amides is 1. The molecule has 150 valence electrons. The number of nitrogens with zero attached hydrogens (tertiary/aromatic N) is 1. The van der Waals surface area contributed by atoms with Crippen molar-refractivity contribution < 1.29 is 19.0 Å². The van der Waals surface area contributed by atoms with Gasteiger partial charge in [0.1, 0.15) is 0 Å². The molecule has 0 spiro atoms. The number of carbonyl (C=O) groups is 1. The van der Waals surface area contributed by atoms with E-state index in [4.69, 9.17) is 19.9 Å². The van der Waals surface area contributed by atoms with Crippen LogP contribution >= 0.6 is 0 Å². The summed E-state index contributed by atoms with van der Waals surface area (Å²) in [6, 6.07) is 8.97. The van der Waals surface area contributed by atoms with Gasteiger partial charge in [0.15, 0.2) is 11.5 Å². The summed E-state index contributed by atoms with van der Waals surface area (Å²) < 4.78 is 16.7. The molecule has 2 heterocycles. The van der Waals surface area contributed by atoms with E-state index in [-0.39, 0.29) is 0 Å². The first-order valence-electron chi connectivity index (χ1n) is 9.55. The molecular formula is C21H27N3O4. The maximum Gasteiger partial charge on any atom is 0.250 e. The number of primary amides is 1. The highest BCUT2D eigenvalue weighted by molar-refractivity contribution is 5.92. The molecule has 1 aromatic heterocycles. The zero-order chi connectivity index (χ0) is 19.8. The highest BCUT2D eigenvalue weighted by Gasteiger charge is 2.13. The Balaban J connectivity index is 1.53. The summed E-state index contributed by atoms with van der Waals surface area (Å²) in [6.07, 6.45) is 4.95. The number of nitrogens with two attached hydrogens (primary N) is 1. The second-order valence-corrected chi connectivity index (χ2v) is 6.89. The molecule has 2 aromatic rings. The van der Waals surface area contributed by atoms with E-state index in [1.54, 1.807) is 19.2 Å². The Morgan fingerprint density at radius 3 is 2.89 bits per heavy atom. The number of rotatable bonds is 9. The molecule has 1 saturated heterocycles. The molecule has 1 amide bonds. The summed E-state index contributed by atoms with van der Waals surface area (Å²) in [7, 11) is 1.60. The number of methoxy groups -OCH3 is 1. The van der Waals surface area contributed by atoms with Crippen molar-refractivity contribution in [2.24, 2.45) is 11.7 Å². The average molecular weight is 385 g/mol. The Labute approximate surface area is 165 Å². The Morgan fingerprint density at radius 1 is 1.32 bits per heavy atom. The van der Waals surface area contributed by atoms with E-state index in [2.05, 4.69) is 10.3 Å². The lowest BCUT2D eigenvalue weighted by molar-refractivity contribution is 0.0517. The number of nitrogens with one attached hydrogen (secondary N) is 1. The lowest BCUT2D eigenvalue weighted by atomic mass is 9.99. The van der Waals surface area contributed by atoms with Crippen LogP contribution in [0.2, 0.25) is 0 Å². The van der Waals surface area contributed by atoms with Crippen LogP contribution in [0.4, 0.5) is 0 Å². The van der Waals surface area contributed by atoms with Crippen molar-refractivity contribution in [2.45, 2.75) is 25.8 Å². The average Bonchev–Trinajstić information content (AvgIpc) is 2.73. The van der Waals surface area contributed by atoms with Crippen molar-refractivity contribution in [3.05, 3.63) is 47.7 Å². The second-order valence-electron chi connectivity index (χ2n) is 6.89. The Hall–Kier alpha value is -2.64. The molecule has 3 N–H and O–H groups in total. The van der Waals surface area contributed by atoms with Crippen LogP contribution in [-0.2, 0) is 11.3 Å². The van der Waals surface area contributed by atoms with Crippen molar-refractivity contribution in [3.8, 4) is 17.4 Å². The summed E-state index contributed by atoms with van der Waals surface area (Å²) in [5.74, 6) is 1.69. The summed E-state index contributed by atoms with van der Waals surface area (Å²) in [5, 5.41) is 3.48. The summed E-state index contributed by atoms with van der Waals surface area (Å²) in [5.41, 5.74) is 6.67. The molecule has 0 bridgehead atoms. The smallest absolute Gasteiger partial charge is 0.250 e.